The molecule has 0 unspecified atom stereocenters. The van der Waals surface area contributed by atoms with Gasteiger partial charge < -0.3 is 5.73 Å². The van der Waals surface area contributed by atoms with Gasteiger partial charge in [-0.25, -0.2) is 4.98 Å². The maximum atomic E-state index is 5.74. The predicted octanol–water partition coefficient (Wildman–Crippen LogP) is 3.22. The third-order valence-electron chi connectivity index (χ3n) is 2.47. The molecular weight excluding hydrogens is 216 g/mol. The lowest BCUT2D eigenvalue weighted by molar-refractivity contribution is 0.872. The highest BCUT2D eigenvalue weighted by atomic mass is 32.1. The fraction of sp³-hybridized carbons (Fsp3) is 0.308. The Balaban J connectivity index is 2.36. The molecule has 0 atom stereocenters. The van der Waals surface area contributed by atoms with Crippen LogP contribution in [0, 0.1) is 0 Å². The van der Waals surface area contributed by atoms with E-state index in [1.807, 2.05) is 18.2 Å². The second-order valence-electron chi connectivity index (χ2n) is 3.71. The van der Waals surface area contributed by atoms with Crippen LogP contribution < -0.4 is 5.73 Å². The predicted molar refractivity (Wildman–Crippen MR) is 69.4 cm³/mol. The third-order valence-corrected chi connectivity index (χ3v) is 3.64. The first-order valence-electron chi connectivity index (χ1n) is 5.59. The summed E-state index contributed by atoms with van der Waals surface area (Å²) in [6.07, 6.45) is 2.14. The first-order chi connectivity index (χ1) is 7.85. The molecule has 16 heavy (non-hydrogen) atoms. The molecule has 2 rings (SSSR count). The van der Waals surface area contributed by atoms with E-state index < -0.39 is 0 Å². The Morgan fingerprint density at radius 1 is 1.25 bits per heavy atom. The van der Waals surface area contributed by atoms with Crippen molar-refractivity contribution in [2.45, 2.75) is 26.3 Å². The SMILES string of the molecule is CCCc1nc(-c2ccccc2)sc1CN. The number of benzene rings is 1. The van der Waals surface area contributed by atoms with E-state index in [0.29, 0.717) is 6.54 Å². The molecule has 0 fully saturated rings. The van der Waals surface area contributed by atoms with Gasteiger partial charge in [0, 0.05) is 17.0 Å². The monoisotopic (exact) mass is 232 g/mol. The molecule has 0 saturated heterocycles. The summed E-state index contributed by atoms with van der Waals surface area (Å²) in [5, 5.41) is 1.09. The lowest BCUT2D eigenvalue weighted by Gasteiger charge is -1.94. The summed E-state index contributed by atoms with van der Waals surface area (Å²) in [5.74, 6) is 0. The molecule has 2 nitrogen and oxygen atoms in total. The maximum absolute atomic E-state index is 5.74. The summed E-state index contributed by atoms with van der Waals surface area (Å²) in [7, 11) is 0. The van der Waals surface area contributed by atoms with Crippen molar-refractivity contribution in [1.29, 1.82) is 0 Å². The Morgan fingerprint density at radius 3 is 2.62 bits per heavy atom. The molecule has 0 saturated carbocycles. The van der Waals surface area contributed by atoms with Crippen LogP contribution in [0.3, 0.4) is 0 Å². The molecule has 0 aliphatic rings. The van der Waals surface area contributed by atoms with Gasteiger partial charge in [-0.05, 0) is 6.42 Å². The number of aromatic nitrogens is 1. The average molecular weight is 232 g/mol. The van der Waals surface area contributed by atoms with Crippen LogP contribution in [0.1, 0.15) is 23.9 Å². The summed E-state index contributed by atoms with van der Waals surface area (Å²) in [4.78, 5) is 5.90. The number of rotatable bonds is 4. The van der Waals surface area contributed by atoms with E-state index in [4.69, 9.17) is 5.73 Å². The number of hydrogen-bond donors (Lipinski definition) is 1. The van der Waals surface area contributed by atoms with E-state index >= 15 is 0 Å². The Morgan fingerprint density at radius 2 is 2.00 bits per heavy atom. The van der Waals surface area contributed by atoms with E-state index in [1.165, 1.54) is 16.1 Å². The largest absolute Gasteiger partial charge is 0.326 e. The van der Waals surface area contributed by atoms with E-state index in [-0.39, 0.29) is 0 Å². The normalized spacial score (nSPS) is 10.6. The molecule has 2 N–H and O–H groups in total. The standard InChI is InChI=1S/C13H16N2S/c1-2-6-11-12(9-14)16-13(15-11)10-7-4-3-5-8-10/h3-5,7-8H,2,6,9,14H2,1H3. The molecule has 2 aromatic rings. The zero-order valence-electron chi connectivity index (χ0n) is 9.44. The van der Waals surface area contributed by atoms with Crippen LogP contribution in [0.25, 0.3) is 10.6 Å². The van der Waals surface area contributed by atoms with E-state index in [9.17, 15) is 0 Å². The number of aryl methyl sites for hydroxylation is 1. The van der Waals surface area contributed by atoms with Crippen molar-refractivity contribution in [2.24, 2.45) is 5.73 Å². The molecule has 0 spiro atoms. The van der Waals surface area contributed by atoms with Gasteiger partial charge in [0.25, 0.3) is 0 Å². The van der Waals surface area contributed by atoms with E-state index in [2.05, 4.69) is 24.0 Å². The minimum absolute atomic E-state index is 0.597. The molecule has 3 heteroatoms. The highest BCUT2D eigenvalue weighted by Crippen LogP contribution is 2.28. The summed E-state index contributed by atoms with van der Waals surface area (Å²) in [6.45, 7) is 2.77. The summed E-state index contributed by atoms with van der Waals surface area (Å²) in [5.41, 5.74) is 8.10. The highest BCUT2D eigenvalue weighted by Gasteiger charge is 2.10. The number of hydrogen-bond acceptors (Lipinski definition) is 3. The smallest absolute Gasteiger partial charge is 0.123 e. The van der Waals surface area contributed by atoms with Crippen LogP contribution in [0.15, 0.2) is 30.3 Å². The zero-order valence-corrected chi connectivity index (χ0v) is 10.3. The molecule has 0 bridgehead atoms. The molecule has 1 aromatic carbocycles. The zero-order chi connectivity index (χ0) is 11.4. The maximum Gasteiger partial charge on any atom is 0.123 e. The molecule has 0 aliphatic carbocycles. The summed E-state index contributed by atoms with van der Waals surface area (Å²) >= 11 is 1.72. The van der Waals surface area contributed by atoms with Crippen molar-refractivity contribution in [3.05, 3.63) is 40.9 Å². The average Bonchev–Trinajstić information content (AvgIpc) is 2.74. The van der Waals surface area contributed by atoms with Gasteiger partial charge in [0.2, 0.25) is 0 Å². The lowest BCUT2D eigenvalue weighted by Crippen LogP contribution is -1.97. The number of thiazole rings is 1. The van der Waals surface area contributed by atoms with Crippen molar-refractivity contribution in [1.82, 2.24) is 4.98 Å². The Hall–Kier alpha value is -1.19. The van der Waals surface area contributed by atoms with Crippen molar-refractivity contribution in [3.63, 3.8) is 0 Å². The van der Waals surface area contributed by atoms with Crippen LogP contribution in [0.5, 0.6) is 0 Å². The second-order valence-corrected chi connectivity index (χ2v) is 4.79. The van der Waals surface area contributed by atoms with Gasteiger partial charge in [-0.3, -0.25) is 0 Å². The van der Waals surface area contributed by atoms with Crippen LogP contribution in [0.4, 0.5) is 0 Å². The van der Waals surface area contributed by atoms with E-state index in [1.54, 1.807) is 11.3 Å². The molecule has 0 radical (unpaired) electrons. The quantitative estimate of drug-likeness (QED) is 0.879. The Bertz CT molecular complexity index is 448. The highest BCUT2D eigenvalue weighted by molar-refractivity contribution is 7.15. The third kappa shape index (κ3) is 2.31. The number of nitrogens with two attached hydrogens (primary N) is 1. The molecular formula is C13H16N2S. The summed E-state index contributed by atoms with van der Waals surface area (Å²) < 4.78 is 0. The molecule has 0 aliphatic heterocycles. The Kier molecular flexibility index (Phi) is 3.70. The second kappa shape index (κ2) is 5.23. The first-order valence-corrected chi connectivity index (χ1v) is 6.41. The van der Waals surface area contributed by atoms with Gasteiger partial charge in [0.15, 0.2) is 0 Å². The van der Waals surface area contributed by atoms with Gasteiger partial charge >= 0.3 is 0 Å². The topological polar surface area (TPSA) is 38.9 Å². The summed E-state index contributed by atoms with van der Waals surface area (Å²) in [6, 6.07) is 10.3. The van der Waals surface area contributed by atoms with Gasteiger partial charge in [-0.2, -0.15) is 0 Å². The minimum Gasteiger partial charge on any atom is -0.326 e. The van der Waals surface area contributed by atoms with Gasteiger partial charge in [-0.1, -0.05) is 43.7 Å². The van der Waals surface area contributed by atoms with Gasteiger partial charge in [0.1, 0.15) is 5.01 Å². The minimum atomic E-state index is 0.597. The van der Waals surface area contributed by atoms with Crippen molar-refractivity contribution < 1.29 is 0 Å². The van der Waals surface area contributed by atoms with E-state index in [0.717, 1.165) is 17.8 Å². The fourth-order valence-corrected chi connectivity index (χ4v) is 2.67. The van der Waals surface area contributed by atoms with Crippen molar-refractivity contribution in [3.8, 4) is 10.6 Å². The van der Waals surface area contributed by atoms with Gasteiger partial charge in [0.05, 0.1) is 5.69 Å². The Labute approximate surface area is 100 Å². The molecule has 84 valence electrons. The first kappa shape index (κ1) is 11.3. The van der Waals surface area contributed by atoms with Crippen molar-refractivity contribution in [2.75, 3.05) is 0 Å². The lowest BCUT2D eigenvalue weighted by atomic mass is 10.2. The van der Waals surface area contributed by atoms with Gasteiger partial charge in [-0.15, -0.1) is 11.3 Å². The number of nitrogens with zero attached hydrogens (tertiary/aromatic N) is 1. The van der Waals surface area contributed by atoms with Crippen LogP contribution in [-0.4, -0.2) is 4.98 Å². The fourth-order valence-electron chi connectivity index (χ4n) is 1.68. The molecule has 0 amide bonds. The van der Waals surface area contributed by atoms with Crippen LogP contribution >= 0.6 is 11.3 Å². The van der Waals surface area contributed by atoms with Crippen LogP contribution in [-0.2, 0) is 13.0 Å². The van der Waals surface area contributed by atoms with Crippen LogP contribution in [0.2, 0.25) is 0 Å². The molecule has 1 heterocycles. The molecule has 1 aromatic heterocycles. The van der Waals surface area contributed by atoms with Crippen molar-refractivity contribution >= 4 is 11.3 Å².